The van der Waals surface area contributed by atoms with Crippen LogP contribution in [-0.2, 0) is 27.2 Å². The molecule has 0 amide bonds. The molecule has 1 aromatic carbocycles. The number of benzene rings is 1. The highest BCUT2D eigenvalue weighted by molar-refractivity contribution is 5.90. The number of fused-ring (bicyclic) bond motifs is 2. The van der Waals surface area contributed by atoms with Crippen LogP contribution in [0.1, 0.15) is 36.9 Å². The maximum Gasteiger partial charge on any atom is 0.490 e. The fourth-order valence-corrected chi connectivity index (χ4v) is 4.56. The molecule has 1 aliphatic heterocycles. The molecule has 1 aliphatic rings. The number of pyridine rings is 1. The Morgan fingerprint density at radius 1 is 1.09 bits per heavy atom. The number of carboxylic acid groups (broad SMARTS) is 2. The molecule has 4 rings (SSSR count). The average molecular weight is 607 g/mol. The second-order valence-corrected chi connectivity index (χ2v) is 10.00. The Morgan fingerprint density at radius 2 is 1.86 bits per heavy atom. The van der Waals surface area contributed by atoms with E-state index in [0.29, 0.717) is 25.4 Å². The van der Waals surface area contributed by atoms with Crippen molar-refractivity contribution in [1.82, 2.24) is 19.9 Å². The van der Waals surface area contributed by atoms with Crippen molar-refractivity contribution in [1.29, 1.82) is 0 Å². The van der Waals surface area contributed by atoms with Crippen LogP contribution >= 0.6 is 0 Å². The Labute approximate surface area is 247 Å². The van der Waals surface area contributed by atoms with E-state index in [2.05, 4.69) is 37.6 Å². The van der Waals surface area contributed by atoms with Gasteiger partial charge in [0.1, 0.15) is 24.0 Å². The van der Waals surface area contributed by atoms with E-state index in [-0.39, 0.29) is 0 Å². The first-order chi connectivity index (χ1) is 20.6. The lowest BCUT2D eigenvalue weighted by Gasteiger charge is -2.24. The minimum atomic E-state index is -5.08. The van der Waals surface area contributed by atoms with Crippen LogP contribution in [0.5, 0.6) is 0 Å². The summed E-state index contributed by atoms with van der Waals surface area (Å²) < 4.78 is 37.0. The summed E-state index contributed by atoms with van der Waals surface area (Å²) >= 11 is 0. The first kappa shape index (κ1) is 33.5. The number of para-hydroxylation sites is 1. The molecular weight excluding hydrogens is 569 g/mol. The first-order valence-electron chi connectivity index (χ1n) is 14.0. The minimum absolute atomic E-state index is 0.454. The smallest absolute Gasteiger partial charge is 0.480 e. The number of nitrogens with zero attached hydrogens (tertiary/aromatic N) is 4. The average Bonchev–Trinajstić information content (AvgIpc) is 2.99. The second-order valence-electron chi connectivity index (χ2n) is 10.00. The van der Waals surface area contributed by atoms with Gasteiger partial charge in [0, 0.05) is 37.8 Å². The van der Waals surface area contributed by atoms with Crippen molar-refractivity contribution in [3.05, 3.63) is 54.0 Å². The van der Waals surface area contributed by atoms with Gasteiger partial charge in [-0.05, 0) is 68.8 Å². The van der Waals surface area contributed by atoms with Crippen molar-refractivity contribution in [2.45, 2.75) is 50.7 Å². The van der Waals surface area contributed by atoms with Gasteiger partial charge in [0.25, 0.3) is 0 Å². The van der Waals surface area contributed by atoms with Crippen molar-refractivity contribution in [2.75, 3.05) is 50.5 Å². The monoisotopic (exact) mass is 606 g/mol. The van der Waals surface area contributed by atoms with Gasteiger partial charge >= 0.3 is 18.1 Å². The number of anilines is 2. The summed E-state index contributed by atoms with van der Waals surface area (Å²) in [5.74, 6) is -2.06. The largest absolute Gasteiger partial charge is 0.490 e. The van der Waals surface area contributed by atoms with Crippen molar-refractivity contribution in [2.24, 2.45) is 0 Å². The molecule has 0 unspecified atom stereocenters. The molecule has 0 saturated heterocycles. The van der Waals surface area contributed by atoms with E-state index >= 15 is 0 Å². The Hall–Kier alpha value is -4.04. The number of carboxylic acids is 2. The molecule has 0 fully saturated rings. The number of ether oxygens (including phenoxy) is 1. The number of alkyl halides is 3. The zero-order valence-electron chi connectivity index (χ0n) is 23.9. The summed E-state index contributed by atoms with van der Waals surface area (Å²) in [7, 11) is 1.69. The van der Waals surface area contributed by atoms with Crippen molar-refractivity contribution >= 4 is 34.5 Å². The Balaban J connectivity index is 0.000000646. The molecule has 0 aliphatic carbocycles. The number of aliphatic carboxylic acids is 2. The van der Waals surface area contributed by atoms with Crippen LogP contribution in [0.2, 0.25) is 0 Å². The molecule has 0 radical (unpaired) electrons. The number of hydrogen-bond donors (Lipinski definition) is 4. The molecule has 11 nitrogen and oxygen atoms in total. The van der Waals surface area contributed by atoms with E-state index in [1.54, 1.807) is 7.11 Å². The lowest BCUT2D eigenvalue weighted by Crippen LogP contribution is -2.37. The summed E-state index contributed by atoms with van der Waals surface area (Å²) in [6.45, 7) is 3.91. The van der Waals surface area contributed by atoms with E-state index in [4.69, 9.17) is 19.6 Å². The van der Waals surface area contributed by atoms with Crippen molar-refractivity contribution < 1.29 is 37.7 Å². The summed E-state index contributed by atoms with van der Waals surface area (Å²) in [5, 5.41) is 24.3. The molecule has 0 saturated carbocycles. The number of hydrogen-bond acceptors (Lipinski definition) is 9. The highest BCUT2D eigenvalue weighted by Gasteiger charge is 2.38. The Morgan fingerprint density at radius 3 is 2.58 bits per heavy atom. The predicted molar refractivity (Wildman–Crippen MR) is 155 cm³/mol. The standard InChI is InChI=1S/C27H36N6O3.C2HF3O2/c1-36-18-17-33(15-5-4-8-21-12-11-20-7-6-14-28-25(20)31-21)16-13-24(27(34)35)32-26-22-9-2-3-10-23(22)29-19-30-26;3-2(4,5)1(6)7/h2-3,9-12,19,24H,4-8,13-18H2,1H3,(H,28,31)(H,34,35)(H,29,30,32);(H,6,7)/t24-;/m0./s1. The SMILES string of the molecule is COCCN(CCCCc1ccc2c(n1)NCCC2)CC[C@H](Nc1ncnc2ccccc12)C(=O)O.O=C(O)C(F)(F)F. The highest BCUT2D eigenvalue weighted by atomic mass is 19.4. The molecule has 14 heteroatoms. The molecule has 4 N–H and O–H groups in total. The number of halogens is 3. The molecule has 2 aromatic heterocycles. The van der Waals surface area contributed by atoms with Crippen LogP contribution in [-0.4, -0.2) is 94.1 Å². The van der Waals surface area contributed by atoms with E-state index < -0.39 is 24.2 Å². The third kappa shape index (κ3) is 10.9. The van der Waals surface area contributed by atoms with Crippen LogP contribution in [0.3, 0.4) is 0 Å². The maximum atomic E-state index is 12.0. The molecule has 1 atom stereocenters. The number of nitrogens with one attached hydrogen (secondary N) is 2. The molecule has 0 spiro atoms. The van der Waals surface area contributed by atoms with Crippen LogP contribution in [0.25, 0.3) is 10.9 Å². The van der Waals surface area contributed by atoms with Gasteiger partial charge < -0.3 is 30.5 Å². The molecular formula is C29H37F3N6O5. The molecule has 3 aromatic rings. The van der Waals surface area contributed by atoms with Gasteiger partial charge in [-0.2, -0.15) is 13.2 Å². The van der Waals surface area contributed by atoms with E-state index in [1.807, 2.05) is 24.3 Å². The predicted octanol–water partition coefficient (Wildman–Crippen LogP) is 4.24. The van der Waals surface area contributed by atoms with Crippen molar-refractivity contribution in [3.63, 3.8) is 0 Å². The van der Waals surface area contributed by atoms with E-state index in [9.17, 15) is 23.1 Å². The lowest BCUT2D eigenvalue weighted by molar-refractivity contribution is -0.192. The van der Waals surface area contributed by atoms with E-state index in [0.717, 1.165) is 67.7 Å². The van der Waals surface area contributed by atoms with Gasteiger partial charge in [-0.1, -0.05) is 18.2 Å². The molecule has 0 bridgehead atoms. The summed E-state index contributed by atoms with van der Waals surface area (Å²) in [6.07, 6.45) is 2.08. The number of aromatic nitrogens is 3. The van der Waals surface area contributed by atoms with Gasteiger partial charge in [0.2, 0.25) is 0 Å². The summed E-state index contributed by atoms with van der Waals surface area (Å²) in [5.41, 5.74) is 3.22. The third-order valence-electron chi connectivity index (χ3n) is 6.85. The number of rotatable bonds is 14. The van der Waals surface area contributed by atoms with E-state index in [1.165, 1.54) is 18.3 Å². The highest BCUT2D eigenvalue weighted by Crippen LogP contribution is 2.21. The maximum absolute atomic E-state index is 12.0. The quantitative estimate of drug-likeness (QED) is 0.195. The molecule has 3 heterocycles. The van der Waals surface area contributed by atoms with Gasteiger partial charge in [0.05, 0.1) is 12.1 Å². The number of aryl methyl sites for hydroxylation is 2. The number of carbonyl (C=O) groups is 2. The fourth-order valence-electron chi connectivity index (χ4n) is 4.56. The number of methoxy groups -OCH3 is 1. The summed E-state index contributed by atoms with van der Waals surface area (Å²) in [6, 6.07) is 11.2. The summed E-state index contributed by atoms with van der Waals surface area (Å²) in [4.78, 5) is 36.5. The van der Waals surface area contributed by atoms with Gasteiger partial charge in [-0.15, -0.1) is 0 Å². The zero-order chi connectivity index (χ0) is 31.2. The normalized spacial score (nSPS) is 13.4. The topological polar surface area (TPSA) is 150 Å². The van der Waals surface area contributed by atoms with Crippen LogP contribution in [0, 0.1) is 0 Å². The van der Waals surface area contributed by atoms with Gasteiger partial charge in [-0.3, -0.25) is 0 Å². The molecule has 43 heavy (non-hydrogen) atoms. The zero-order valence-corrected chi connectivity index (χ0v) is 23.9. The van der Waals surface area contributed by atoms with Crippen LogP contribution < -0.4 is 10.6 Å². The fraction of sp³-hybridized carbons (Fsp3) is 0.483. The Kier molecular flexibility index (Phi) is 12.9. The number of unbranched alkanes of at least 4 members (excludes halogenated alkanes) is 1. The van der Waals surface area contributed by atoms with Crippen LogP contribution in [0.4, 0.5) is 24.8 Å². The lowest BCUT2D eigenvalue weighted by atomic mass is 10.1. The van der Waals surface area contributed by atoms with Gasteiger partial charge in [-0.25, -0.2) is 24.5 Å². The second kappa shape index (κ2) is 16.6. The third-order valence-corrected chi connectivity index (χ3v) is 6.85. The van der Waals surface area contributed by atoms with Gasteiger partial charge in [0.15, 0.2) is 0 Å². The van der Waals surface area contributed by atoms with Crippen LogP contribution in [0.15, 0.2) is 42.7 Å². The van der Waals surface area contributed by atoms with Crippen molar-refractivity contribution in [3.8, 4) is 0 Å². The first-order valence-corrected chi connectivity index (χ1v) is 14.0. The molecule has 234 valence electrons. The minimum Gasteiger partial charge on any atom is -0.480 e. The Bertz CT molecular complexity index is 1340.